The summed E-state index contributed by atoms with van der Waals surface area (Å²) in [6.07, 6.45) is 0. The van der Waals surface area contributed by atoms with Crippen LogP contribution in [-0.2, 0) is 4.79 Å². The van der Waals surface area contributed by atoms with Crippen molar-refractivity contribution < 1.29 is 9.53 Å². The number of amides is 1. The van der Waals surface area contributed by atoms with E-state index in [1.165, 1.54) is 0 Å². The quantitative estimate of drug-likeness (QED) is 0.681. The fourth-order valence-corrected chi connectivity index (χ4v) is 3.68. The van der Waals surface area contributed by atoms with Gasteiger partial charge in [-0.15, -0.1) is 21.5 Å². The van der Waals surface area contributed by atoms with E-state index in [0.29, 0.717) is 18.8 Å². The van der Waals surface area contributed by atoms with Crippen molar-refractivity contribution in [2.45, 2.75) is 0 Å². The Kier molecular flexibility index (Phi) is 5.29. The molecule has 0 aliphatic carbocycles. The maximum Gasteiger partial charge on any atom is 0.260 e. The summed E-state index contributed by atoms with van der Waals surface area (Å²) in [4.78, 5) is 17.5. The van der Waals surface area contributed by atoms with Crippen molar-refractivity contribution in [1.29, 1.82) is 0 Å². The third-order valence-electron chi connectivity index (χ3n) is 4.49. The van der Waals surface area contributed by atoms with E-state index in [2.05, 4.69) is 15.1 Å². The molecule has 3 aromatic rings. The molecule has 0 saturated carbocycles. The Morgan fingerprint density at radius 3 is 2.44 bits per heavy atom. The van der Waals surface area contributed by atoms with E-state index in [0.717, 1.165) is 29.5 Å². The summed E-state index contributed by atoms with van der Waals surface area (Å²) in [5, 5.41) is 10.7. The number of para-hydroxylation sites is 1. The van der Waals surface area contributed by atoms with Crippen LogP contribution in [0.25, 0.3) is 10.6 Å². The molecule has 1 aliphatic heterocycles. The summed E-state index contributed by atoms with van der Waals surface area (Å²) in [5.41, 5.74) is 0.889. The van der Waals surface area contributed by atoms with Crippen LogP contribution in [-0.4, -0.2) is 53.8 Å². The molecule has 1 aromatic carbocycles. The van der Waals surface area contributed by atoms with Crippen molar-refractivity contribution in [3.05, 3.63) is 60.0 Å². The molecule has 2 aromatic heterocycles. The fourth-order valence-electron chi connectivity index (χ4n) is 2.99. The standard InChI is InChI=1S/C20H20N4O2S/c25-20(15-26-16-5-2-1-3-6-16)24-12-10-23(11-13-24)19-9-8-17(21-22-19)18-7-4-14-27-18/h1-9,14H,10-13,15H2. The molecular formula is C20H20N4O2S. The number of hydrogen-bond acceptors (Lipinski definition) is 6. The van der Waals surface area contributed by atoms with Crippen molar-refractivity contribution in [1.82, 2.24) is 15.1 Å². The lowest BCUT2D eigenvalue weighted by molar-refractivity contribution is -0.133. The van der Waals surface area contributed by atoms with Gasteiger partial charge < -0.3 is 14.5 Å². The summed E-state index contributed by atoms with van der Waals surface area (Å²) >= 11 is 1.65. The monoisotopic (exact) mass is 380 g/mol. The number of benzene rings is 1. The smallest absolute Gasteiger partial charge is 0.260 e. The second-order valence-corrected chi connectivity index (χ2v) is 7.17. The highest BCUT2D eigenvalue weighted by atomic mass is 32.1. The third kappa shape index (κ3) is 4.25. The first-order valence-corrected chi connectivity index (χ1v) is 9.76. The Balaban J connectivity index is 1.29. The minimum absolute atomic E-state index is 0.0117. The van der Waals surface area contributed by atoms with Crippen LogP contribution in [0.15, 0.2) is 60.0 Å². The van der Waals surface area contributed by atoms with Gasteiger partial charge in [-0.1, -0.05) is 24.3 Å². The topological polar surface area (TPSA) is 58.6 Å². The van der Waals surface area contributed by atoms with Crippen molar-refractivity contribution in [2.75, 3.05) is 37.7 Å². The minimum atomic E-state index is 0.0117. The number of thiophene rings is 1. The van der Waals surface area contributed by atoms with Crippen LogP contribution in [0.4, 0.5) is 5.82 Å². The van der Waals surface area contributed by atoms with Gasteiger partial charge in [-0.25, -0.2) is 0 Å². The van der Waals surface area contributed by atoms with Crippen LogP contribution < -0.4 is 9.64 Å². The number of rotatable bonds is 5. The molecule has 0 radical (unpaired) electrons. The SMILES string of the molecule is O=C(COc1ccccc1)N1CCN(c2ccc(-c3cccs3)nn2)CC1. The van der Waals surface area contributed by atoms with Gasteiger partial charge >= 0.3 is 0 Å². The molecule has 138 valence electrons. The number of aromatic nitrogens is 2. The van der Waals surface area contributed by atoms with E-state index in [9.17, 15) is 4.79 Å². The van der Waals surface area contributed by atoms with E-state index in [-0.39, 0.29) is 12.5 Å². The first-order chi connectivity index (χ1) is 13.3. The number of nitrogens with zero attached hydrogens (tertiary/aromatic N) is 4. The summed E-state index contributed by atoms with van der Waals surface area (Å²) in [6, 6.07) is 17.4. The highest BCUT2D eigenvalue weighted by Crippen LogP contribution is 2.23. The number of hydrogen-bond donors (Lipinski definition) is 0. The van der Waals surface area contributed by atoms with Gasteiger partial charge in [-0.2, -0.15) is 0 Å². The average Bonchev–Trinajstić information content (AvgIpc) is 3.28. The van der Waals surface area contributed by atoms with Crippen LogP contribution in [0.5, 0.6) is 5.75 Å². The van der Waals surface area contributed by atoms with Crippen LogP contribution in [0.3, 0.4) is 0 Å². The van der Waals surface area contributed by atoms with Gasteiger partial charge in [0.15, 0.2) is 12.4 Å². The zero-order valence-corrected chi connectivity index (χ0v) is 15.6. The van der Waals surface area contributed by atoms with Gasteiger partial charge in [0, 0.05) is 26.2 Å². The van der Waals surface area contributed by atoms with E-state index < -0.39 is 0 Å². The second kappa shape index (κ2) is 8.18. The van der Waals surface area contributed by atoms with Gasteiger partial charge in [0.1, 0.15) is 11.4 Å². The second-order valence-electron chi connectivity index (χ2n) is 6.22. The summed E-state index contributed by atoms with van der Waals surface area (Å²) in [6.45, 7) is 2.87. The molecular weight excluding hydrogens is 360 g/mol. The van der Waals surface area contributed by atoms with Crippen LogP contribution >= 0.6 is 11.3 Å². The first kappa shape index (κ1) is 17.5. The van der Waals surface area contributed by atoms with Crippen LogP contribution in [0.2, 0.25) is 0 Å². The fraction of sp³-hybridized carbons (Fsp3) is 0.250. The molecule has 1 aliphatic rings. The highest BCUT2D eigenvalue weighted by Gasteiger charge is 2.22. The zero-order chi connectivity index (χ0) is 18.5. The summed E-state index contributed by atoms with van der Waals surface area (Å²) in [7, 11) is 0. The minimum Gasteiger partial charge on any atom is -0.484 e. The molecule has 4 rings (SSSR count). The number of carbonyl (C=O) groups excluding carboxylic acids is 1. The van der Waals surface area contributed by atoms with Crippen molar-refractivity contribution >= 4 is 23.1 Å². The normalized spacial score (nSPS) is 14.2. The van der Waals surface area contributed by atoms with Gasteiger partial charge in [0.05, 0.1) is 4.88 Å². The molecule has 0 atom stereocenters. The number of carbonyl (C=O) groups is 1. The Bertz CT molecular complexity index is 861. The Morgan fingerprint density at radius 1 is 0.963 bits per heavy atom. The van der Waals surface area contributed by atoms with E-state index >= 15 is 0 Å². The number of piperazine rings is 1. The largest absolute Gasteiger partial charge is 0.484 e. The molecule has 0 bridgehead atoms. The number of anilines is 1. The van der Waals surface area contributed by atoms with E-state index in [1.807, 2.05) is 64.9 Å². The molecule has 0 unspecified atom stereocenters. The lowest BCUT2D eigenvalue weighted by Gasteiger charge is -2.35. The molecule has 1 amide bonds. The maximum atomic E-state index is 12.3. The van der Waals surface area contributed by atoms with Crippen molar-refractivity contribution in [2.24, 2.45) is 0 Å². The lowest BCUT2D eigenvalue weighted by atomic mass is 10.3. The van der Waals surface area contributed by atoms with Gasteiger partial charge in [-0.05, 0) is 35.7 Å². The predicted octanol–water partition coefficient (Wildman–Crippen LogP) is 2.93. The maximum absolute atomic E-state index is 12.3. The predicted molar refractivity (Wildman–Crippen MR) is 106 cm³/mol. The molecule has 0 N–H and O–H groups in total. The molecule has 7 heteroatoms. The Morgan fingerprint density at radius 2 is 1.78 bits per heavy atom. The average molecular weight is 380 g/mol. The Labute approximate surface area is 162 Å². The molecule has 3 heterocycles. The van der Waals surface area contributed by atoms with Crippen LogP contribution in [0.1, 0.15) is 0 Å². The van der Waals surface area contributed by atoms with Crippen LogP contribution in [0, 0.1) is 0 Å². The summed E-state index contributed by atoms with van der Waals surface area (Å²) in [5.74, 6) is 1.58. The number of ether oxygens (including phenoxy) is 1. The van der Waals surface area contributed by atoms with E-state index in [4.69, 9.17) is 4.74 Å². The summed E-state index contributed by atoms with van der Waals surface area (Å²) < 4.78 is 5.55. The zero-order valence-electron chi connectivity index (χ0n) is 14.8. The molecule has 6 nitrogen and oxygen atoms in total. The van der Waals surface area contributed by atoms with Gasteiger partial charge in [-0.3, -0.25) is 4.79 Å². The molecule has 0 spiro atoms. The first-order valence-electron chi connectivity index (χ1n) is 8.88. The molecule has 1 saturated heterocycles. The molecule has 1 fully saturated rings. The third-order valence-corrected chi connectivity index (χ3v) is 5.38. The molecule has 27 heavy (non-hydrogen) atoms. The van der Waals surface area contributed by atoms with Crippen molar-refractivity contribution in [3.63, 3.8) is 0 Å². The van der Waals surface area contributed by atoms with E-state index in [1.54, 1.807) is 11.3 Å². The lowest BCUT2D eigenvalue weighted by Crippen LogP contribution is -2.50. The van der Waals surface area contributed by atoms with Crippen molar-refractivity contribution in [3.8, 4) is 16.3 Å². The van der Waals surface area contributed by atoms with Gasteiger partial charge in [0.2, 0.25) is 0 Å². The highest BCUT2D eigenvalue weighted by molar-refractivity contribution is 7.13. The van der Waals surface area contributed by atoms with Gasteiger partial charge in [0.25, 0.3) is 5.91 Å². The Hall–Kier alpha value is -2.93.